The van der Waals surface area contributed by atoms with E-state index < -0.39 is 5.25 Å². The maximum atomic E-state index is 12.9. The van der Waals surface area contributed by atoms with E-state index in [1.165, 1.54) is 29.5 Å². The van der Waals surface area contributed by atoms with Crippen LogP contribution in [0, 0.1) is 5.82 Å². The van der Waals surface area contributed by atoms with Crippen molar-refractivity contribution < 1.29 is 13.6 Å². The van der Waals surface area contributed by atoms with Crippen molar-refractivity contribution >= 4 is 17.7 Å². The fourth-order valence-electron chi connectivity index (χ4n) is 2.63. The van der Waals surface area contributed by atoms with Crippen molar-refractivity contribution in [3.05, 3.63) is 65.5 Å². The lowest BCUT2D eigenvalue weighted by Crippen LogP contribution is -2.30. The van der Waals surface area contributed by atoms with Gasteiger partial charge in [0, 0.05) is 12.1 Å². The molecule has 0 saturated heterocycles. The third-order valence-electron chi connectivity index (χ3n) is 4.43. The molecule has 5 nitrogen and oxygen atoms in total. The molecular weight excluding hydrogens is 389 g/mol. The third kappa shape index (κ3) is 5.67. The number of halogens is 1. The number of hydrogen-bond acceptors (Lipinski definition) is 5. The summed E-state index contributed by atoms with van der Waals surface area (Å²) in [4.78, 5) is 12.3. The van der Waals surface area contributed by atoms with Crippen molar-refractivity contribution in [1.29, 1.82) is 0 Å². The molecule has 7 heteroatoms. The van der Waals surface area contributed by atoms with E-state index in [1.807, 2.05) is 12.1 Å². The summed E-state index contributed by atoms with van der Waals surface area (Å²) in [7, 11) is 0. The minimum Gasteiger partial charge on any atom is -0.411 e. The predicted molar refractivity (Wildman–Crippen MR) is 112 cm³/mol. The van der Waals surface area contributed by atoms with Crippen LogP contribution in [0.3, 0.4) is 0 Å². The fourth-order valence-corrected chi connectivity index (χ4v) is 3.33. The molecule has 0 aliphatic rings. The number of carbonyl (C=O) groups is 1. The van der Waals surface area contributed by atoms with Gasteiger partial charge in [0.05, 0.1) is 5.25 Å². The van der Waals surface area contributed by atoms with Gasteiger partial charge in [-0.1, -0.05) is 56.8 Å². The van der Waals surface area contributed by atoms with Crippen LogP contribution in [0.25, 0.3) is 11.5 Å². The smallest absolute Gasteiger partial charge is 0.277 e. The molecule has 3 aromatic rings. The summed E-state index contributed by atoms with van der Waals surface area (Å²) in [5.74, 6) is -0.0373. The molecule has 1 aromatic heterocycles. The summed E-state index contributed by atoms with van der Waals surface area (Å²) in [6.07, 6.45) is 0. The third-order valence-corrected chi connectivity index (χ3v) is 5.37. The van der Waals surface area contributed by atoms with Gasteiger partial charge in [0.15, 0.2) is 0 Å². The maximum absolute atomic E-state index is 12.9. The molecule has 0 fully saturated rings. The van der Waals surface area contributed by atoms with Crippen LogP contribution in [0.15, 0.2) is 58.2 Å². The van der Waals surface area contributed by atoms with E-state index in [-0.39, 0.29) is 17.1 Å². The second-order valence-electron chi connectivity index (χ2n) is 7.80. The standard InChI is InChI=1S/C22H24FN3O2S/c1-14(19(27)24-13-15-5-11-18(23)12-6-15)29-21-26-25-20(28-21)16-7-9-17(10-8-16)22(2,3)4/h5-12,14H,13H2,1-4H3,(H,24,27)/t14-/m1/s1. The second-order valence-corrected chi connectivity index (χ2v) is 9.10. The number of nitrogens with one attached hydrogen (secondary N) is 1. The van der Waals surface area contributed by atoms with Crippen LogP contribution in [0.2, 0.25) is 0 Å². The lowest BCUT2D eigenvalue weighted by atomic mass is 9.87. The number of amides is 1. The Hall–Kier alpha value is -2.67. The highest BCUT2D eigenvalue weighted by atomic mass is 32.2. The highest BCUT2D eigenvalue weighted by Gasteiger charge is 2.19. The van der Waals surface area contributed by atoms with Gasteiger partial charge < -0.3 is 9.73 Å². The van der Waals surface area contributed by atoms with Crippen molar-refractivity contribution in [1.82, 2.24) is 15.5 Å². The summed E-state index contributed by atoms with van der Waals surface area (Å²) in [5.41, 5.74) is 2.97. The molecule has 0 aliphatic carbocycles. The van der Waals surface area contributed by atoms with Gasteiger partial charge >= 0.3 is 0 Å². The first kappa shape index (κ1) is 21.0. The molecular formula is C22H24FN3O2S. The molecule has 29 heavy (non-hydrogen) atoms. The fraction of sp³-hybridized carbons (Fsp3) is 0.318. The Balaban J connectivity index is 1.57. The number of aromatic nitrogens is 2. The van der Waals surface area contributed by atoms with Gasteiger partial charge in [-0.15, -0.1) is 10.2 Å². The lowest BCUT2D eigenvalue weighted by molar-refractivity contribution is -0.120. The Morgan fingerprint density at radius 1 is 1.10 bits per heavy atom. The predicted octanol–water partition coefficient (Wildman–Crippen LogP) is 4.97. The Bertz CT molecular complexity index is 963. The molecule has 2 aromatic carbocycles. The van der Waals surface area contributed by atoms with Crippen LogP contribution < -0.4 is 5.32 Å². The quantitative estimate of drug-likeness (QED) is 0.578. The number of nitrogens with zero attached hydrogens (tertiary/aromatic N) is 2. The van der Waals surface area contributed by atoms with Gasteiger partial charge in [0.25, 0.3) is 5.22 Å². The number of thioether (sulfide) groups is 1. The van der Waals surface area contributed by atoms with Gasteiger partial charge in [0.1, 0.15) is 5.82 Å². The van der Waals surface area contributed by atoms with E-state index in [2.05, 4.69) is 48.4 Å². The summed E-state index contributed by atoms with van der Waals surface area (Å²) >= 11 is 1.20. The van der Waals surface area contributed by atoms with Gasteiger partial charge in [-0.05, 0) is 47.7 Å². The molecule has 0 aliphatic heterocycles. The molecule has 0 saturated carbocycles. The second kappa shape index (κ2) is 8.78. The van der Waals surface area contributed by atoms with E-state index in [9.17, 15) is 9.18 Å². The summed E-state index contributed by atoms with van der Waals surface area (Å²) in [6, 6.07) is 14.0. The van der Waals surface area contributed by atoms with E-state index in [0.29, 0.717) is 17.7 Å². The topological polar surface area (TPSA) is 68.0 Å². The van der Waals surface area contributed by atoms with Crippen LogP contribution in [-0.2, 0) is 16.8 Å². The zero-order valence-electron chi connectivity index (χ0n) is 16.9. The minimum absolute atomic E-state index is 0.0745. The highest BCUT2D eigenvalue weighted by Crippen LogP contribution is 2.28. The van der Waals surface area contributed by atoms with Crippen LogP contribution in [0.5, 0.6) is 0 Å². The summed E-state index contributed by atoms with van der Waals surface area (Å²) in [6.45, 7) is 8.58. The minimum atomic E-state index is -0.410. The van der Waals surface area contributed by atoms with Crippen molar-refractivity contribution in [2.75, 3.05) is 0 Å². The normalized spacial score (nSPS) is 12.6. The molecule has 152 valence electrons. The van der Waals surface area contributed by atoms with E-state index >= 15 is 0 Å². The molecule has 1 atom stereocenters. The van der Waals surface area contributed by atoms with Gasteiger partial charge in [-0.3, -0.25) is 4.79 Å². The monoisotopic (exact) mass is 413 g/mol. The molecule has 1 heterocycles. The summed E-state index contributed by atoms with van der Waals surface area (Å²) < 4.78 is 18.6. The van der Waals surface area contributed by atoms with Gasteiger partial charge in [0.2, 0.25) is 11.8 Å². The molecule has 0 radical (unpaired) electrons. The number of hydrogen-bond donors (Lipinski definition) is 1. The van der Waals surface area contributed by atoms with Crippen molar-refractivity contribution in [3.8, 4) is 11.5 Å². The SMILES string of the molecule is C[C@@H](Sc1nnc(-c2ccc(C(C)(C)C)cc2)o1)C(=O)NCc1ccc(F)cc1. The van der Waals surface area contributed by atoms with Crippen LogP contribution in [0.1, 0.15) is 38.8 Å². The molecule has 3 rings (SSSR count). The van der Waals surface area contributed by atoms with Crippen molar-refractivity contribution in [3.63, 3.8) is 0 Å². The Kier molecular flexibility index (Phi) is 6.37. The first-order chi connectivity index (χ1) is 13.7. The number of carbonyl (C=O) groups excluding carboxylic acids is 1. The van der Waals surface area contributed by atoms with E-state index in [0.717, 1.165) is 11.1 Å². The van der Waals surface area contributed by atoms with Gasteiger partial charge in [-0.25, -0.2) is 4.39 Å². The van der Waals surface area contributed by atoms with E-state index in [4.69, 9.17) is 4.42 Å². The molecule has 0 bridgehead atoms. The van der Waals surface area contributed by atoms with Crippen molar-refractivity contribution in [2.45, 2.75) is 50.1 Å². The number of rotatable bonds is 6. The van der Waals surface area contributed by atoms with Gasteiger partial charge in [-0.2, -0.15) is 0 Å². The molecule has 0 spiro atoms. The molecule has 1 N–H and O–H groups in total. The largest absolute Gasteiger partial charge is 0.411 e. The molecule has 1 amide bonds. The zero-order chi connectivity index (χ0) is 21.0. The maximum Gasteiger partial charge on any atom is 0.277 e. The Morgan fingerprint density at radius 3 is 2.38 bits per heavy atom. The average molecular weight is 414 g/mol. The Morgan fingerprint density at radius 2 is 1.76 bits per heavy atom. The highest BCUT2D eigenvalue weighted by molar-refractivity contribution is 8.00. The van der Waals surface area contributed by atoms with Crippen molar-refractivity contribution in [2.24, 2.45) is 0 Å². The van der Waals surface area contributed by atoms with E-state index in [1.54, 1.807) is 19.1 Å². The zero-order valence-corrected chi connectivity index (χ0v) is 17.7. The van der Waals surface area contributed by atoms with Crippen LogP contribution in [-0.4, -0.2) is 21.4 Å². The average Bonchev–Trinajstić information content (AvgIpc) is 3.15. The summed E-state index contributed by atoms with van der Waals surface area (Å²) in [5, 5.41) is 10.9. The molecule has 0 unspecified atom stereocenters. The van der Waals surface area contributed by atoms with Crippen LogP contribution in [0.4, 0.5) is 4.39 Å². The first-order valence-electron chi connectivity index (χ1n) is 9.35. The number of benzene rings is 2. The lowest BCUT2D eigenvalue weighted by Gasteiger charge is -2.18. The van der Waals surface area contributed by atoms with Crippen LogP contribution >= 0.6 is 11.8 Å². The Labute approximate surface area is 174 Å². The first-order valence-corrected chi connectivity index (χ1v) is 10.2.